The number of hydrogen-bond donors (Lipinski definition) is 2. The number of benzene rings is 1. The van der Waals surface area contributed by atoms with E-state index in [4.69, 9.17) is 4.52 Å². The van der Waals surface area contributed by atoms with Gasteiger partial charge in [0.1, 0.15) is 5.76 Å². The van der Waals surface area contributed by atoms with Crippen molar-refractivity contribution in [3.05, 3.63) is 59.1 Å². The van der Waals surface area contributed by atoms with Gasteiger partial charge in [0.25, 0.3) is 0 Å². The second kappa shape index (κ2) is 7.24. The van der Waals surface area contributed by atoms with Crippen LogP contribution >= 0.6 is 12.4 Å². The second-order valence-corrected chi connectivity index (χ2v) is 5.04. The first-order chi connectivity index (χ1) is 10.3. The standard InChI is InChI=1S/C16H18N4O.ClH/c1-11-15(12(2)21-20-11)10-17-8-14-9-18-19-16(14)13-6-4-3-5-7-13;/h3-7,9,17H,8,10H2,1-2H3,(H,18,19);1H. The zero-order valence-corrected chi connectivity index (χ0v) is 13.4. The van der Waals surface area contributed by atoms with Crippen molar-refractivity contribution in [1.29, 1.82) is 0 Å². The molecule has 0 saturated heterocycles. The minimum Gasteiger partial charge on any atom is -0.361 e. The van der Waals surface area contributed by atoms with Crippen LogP contribution in [0, 0.1) is 13.8 Å². The van der Waals surface area contributed by atoms with E-state index in [1.165, 1.54) is 0 Å². The van der Waals surface area contributed by atoms with Crippen LogP contribution < -0.4 is 5.32 Å². The second-order valence-electron chi connectivity index (χ2n) is 5.04. The molecule has 0 aliphatic carbocycles. The average molecular weight is 319 g/mol. The molecule has 0 atom stereocenters. The number of aryl methyl sites for hydroxylation is 2. The van der Waals surface area contributed by atoms with Crippen molar-refractivity contribution in [3.8, 4) is 11.3 Å². The normalized spacial score (nSPS) is 10.5. The molecule has 22 heavy (non-hydrogen) atoms. The minimum absolute atomic E-state index is 0. The smallest absolute Gasteiger partial charge is 0.138 e. The first-order valence-electron chi connectivity index (χ1n) is 6.96. The quantitative estimate of drug-likeness (QED) is 0.756. The summed E-state index contributed by atoms with van der Waals surface area (Å²) in [4.78, 5) is 0. The number of rotatable bonds is 5. The predicted octanol–water partition coefficient (Wildman–Crippen LogP) is 3.39. The van der Waals surface area contributed by atoms with Crippen molar-refractivity contribution in [2.45, 2.75) is 26.9 Å². The van der Waals surface area contributed by atoms with E-state index in [0.717, 1.165) is 46.9 Å². The van der Waals surface area contributed by atoms with E-state index in [1.807, 2.05) is 38.2 Å². The maximum atomic E-state index is 5.17. The third-order valence-corrected chi connectivity index (χ3v) is 3.58. The van der Waals surface area contributed by atoms with Gasteiger partial charge in [-0.3, -0.25) is 5.10 Å². The molecule has 0 amide bonds. The van der Waals surface area contributed by atoms with Gasteiger partial charge in [-0.05, 0) is 19.4 Å². The molecular formula is C16H19ClN4O. The molecule has 0 bridgehead atoms. The summed E-state index contributed by atoms with van der Waals surface area (Å²) in [6.07, 6.45) is 1.86. The van der Waals surface area contributed by atoms with Crippen LogP contribution in [0.2, 0.25) is 0 Å². The van der Waals surface area contributed by atoms with Crippen LogP contribution in [0.4, 0.5) is 0 Å². The van der Waals surface area contributed by atoms with Crippen molar-refractivity contribution in [2.75, 3.05) is 0 Å². The molecule has 3 aromatic rings. The van der Waals surface area contributed by atoms with Crippen molar-refractivity contribution in [3.63, 3.8) is 0 Å². The highest BCUT2D eigenvalue weighted by atomic mass is 35.5. The molecule has 6 heteroatoms. The number of nitrogens with one attached hydrogen (secondary N) is 2. The van der Waals surface area contributed by atoms with E-state index in [9.17, 15) is 0 Å². The highest BCUT2D eigenvalue weighted by Crippen LogP contribution is 2.20. The van der Waals surface area contributed by atoms with Crippen LogP contribution in [0.15, 0.2) is 41.1 Å². The lowest BCUT2D eigenvalue weighted by Crippen LogP contribution is -2.13. The molecule has 3 rings (SSSR count). The van der Waals surface area contributed by atoms with Gasteiger partial charge in [-0.2, -0.15) is 5.10 Å². The Bertz CT molecular complexity index is 701. The van der Waals surface area contributed by atoms with E-state index < -0.39 is 0 Å². The van der Waals surface area contributed by atoms with Crippen LogP contribution in [0.3, 0.4) is 0 Å². The van der Waals surface area contributed by atoms with Gasteiger partial charge in [-0.1, -0.05) is 35.5 Å². The van der Waals surface area contributed by atoms with Gasteiger partial charge in [-0.25, -0.2) is 0 Å². The van der Waals surface area contributed by atoms with Gasteiger partial charge < -0.3 is 9.84 Å². The number of hydrogen-bond acceptors (Lipinski definition) is 4. The van der Waals surface area contributed by atoms with Gasteiger partial charge in [0, 0.05) is 24.2 Å². The van der Waals surface area contributed by atoms with E-state index in [0.29, 0.717) is 0 Å². The van der Waals surface area contributed by atoms with Crippen molar-refractivity contribution in [2.24, 2.45) is 0 Å². The van der Waals surface area contributed by atoms with E-state index in [2.05, 4.69) is 32.8 Å². The van der Waals surface area contributed by atoms with Crippen LogP contribution in [0.5, 0.6) is 0 Å². The monoisotopic (exact) mass is 318 g/mol. The maximum absolute atomic E-state index is 5.17. The molecule has 0 fully saturated rings. The molecule has 1 aromatic carbocycles. The zero-order valence-electron chi connectivity index (χ0n) is 12.6. The zero-order chi connectivity index (χ0) is 14.7. The Kier molecular flexibility index (Phi) is 5.35. The van der Waals surface area contributed by atoms with Gasteiger partial charge in [-0.15, -0.1) is 12.4 Å². The topological polar surface area (TPSA) is 66.7 Å². The number of nitrogens with zero attached hydrogens (tertiary/aromatic N) is 2. The summed E-state index contributed by atoms with van der Waals surface area (Å²) >= 11 is 0. The molecule has 116 valence electrons. The van der Waals surface area contributed by atoms with Crippen LogP contribution in [0.1, 0.15) is 22.6 Å². The van der Waals surface area contributed by atoms with Gasteiger partial charge in [0.15, 0.2) is 0 Å². The molecule has 0 radical (unpaired) electrons. The summed E-state index contributed by atoms with van der Waals surface area (Å²) in [6, 6.07) is 10.2. The molecule has 0 unspecified atom stereocenters. The lowest BCUT2D eigenvalue weighted by Gasteiger charge is -2.05. The Morgan fingerprint density at radius 1 is 1.14 bits per heavy atom. The first kappa shape index (κ1) is 16.3. The molecule has 0 saturated carbocycles. The fraction of sp³-hybridized carbons (Fsp3) is 0.250. The van der Waals surface area contributed by atoms with Gasteiger partial charge in [0.2, 0.25) is 0 Å². The van der Waals surface area contributed by atoms with E-state index in [-0.39, 0.29) is 12.4 Å². The Balaban J connectivity index is 0.00000176. The third kappa shape index (κ3) is 3.37. The number of H-pyrrole nitrogens is 1. The van der Waals surface area contributed by atoms with Gasteiger partial charge in [0.05, 0.1) is 17.6 Å². The van der Waals surface area contributed by atoms with Crippen LogP contribution in [0.25, 0.3) is 11.3 Å². The lowest BCUT2D eigenvalue weighted by molar-refractivity contribution is 0.392. The van der Waals surface area contributed by atoms with Crippen molar-refractivity contribution in [1.82, 2.24) is 20.7 Å². The molecule has 2 heterocycles. The highest BCUT2D eigenvalue weighted by Gasteiger charge is 2.10. The lowest BCUT2D eigenvalue weighted by atomic mass is 10.1. The summed E-state index contributed by atoms with van der Waals surface area (Å²) in [5.41, 5.74) is 5.41. The summed E-state index contributed by atoms with van der Waals surface area (Å²) in [5, 5.41) is 14.6. The number of aromatic nitrogens is 3. The highest BCUT2D eigenvalue weighted by molar-refractivity contribution is 5.85. The fourth-order valence-electron chi connectivity index (χ4n) is 2.38. The SMILES string of the molecule is Cc1noc(C)c1CNCc1cn[nH]c1-c1ccccc1.Cl. The minimum atomic E-state index is 0. The number of aromatic amines is 1. The molecule has 2 aromatic heterocycles. The van der Waals surface area contributed by atoms with E-state index in [1.54, 1.807) is 0 Å². The summed E-state index contributed by atoms with van der Waals surface area (Å²) < 4.78 is 5.17. The largest absolute Gasteiger partial charge is 0.361 e. The summed E-state index contributed by atoms with van der Waals surface area (Å²) in [5.74, 6) is 0.871. The molecular weight excluding hydrogens is 300 g/mol. The maximum Gasteiger partial charge on any atom is 0.138 e. The van der Waals surface area contributed by atoms with Crippen molar-refractivity contribution >= 4 is 12.4 Å². The summed E-state index contributed by atoms with van der Waals surface area (Å²) in [7, 11) is 0. The Labute approximate surface area is 135 Å². The van der Waals surface area contributed by atoms with Gasteiger partial charge >= 0.3 is 0 Å². The molecule has 5 nitrogen and oxygen atoms in total. The molecule has 0 aliphatic rings. The Hall–Kier alpha value is -2.11. The Morgan fingerprint density at radius 3 is 2.59 bits per heavy atom. The van der Waals surface area contributed by atoms with Crippen LogP contribution in [-0.4, -0.2) is 15.4 Å². The first-order valence-corrected chi connectivity index (χ1v) is 6.96. The predicted molar refractivity (Wildman–Crippen MR) is 87.8 cm³/mol. The molecule has 0 aliphatic heterocycles. The average Bonchev–Trinajstić information content (AvgIpc) is 3.09. The fourth-order valence-corrected chi connectivity index (χ4v) is 2.38. The Morgan fingerprint density at radius 2 is 1.91 bits per heavy atom. The van der Waals surface area contributed by atoms with Crippen LogP contribution in [-0.2, 0) is 13.1 Å². The molecule has 0 spiro atoms. The van der Waals surface area contributed by atoms with E-state index >= 15 is 0 Å². The molecule has 2 N–H and O–H groups in total. The summed E-state index contributed by atoms with van der Waals surface area (Å²) in [6.45, 7) is 5.37. The van der Waals surface area contributed by atoms with Crippen molar-refractivity contribution < 1.29 is 4.52 Å². The third-order valence-electron chi connectivity index (χ3n) is 3.58. The number of halogens is 1.